The van der Waals surface area contributed by atoms with E-state index in [1.54, 1.807) is 30.5 Å². The summed E-state index contributed by atoms with van der Waals surface area (Å²) in [5, 5.41) is 26.8. The molecule has 0 radical (unpaired) electrons. The van der Waals surface area contributed by atoms with Crippen LogP contribution in [0.15, 0.2) is 71.3 Å². The standard InChI is InChI=1S/C24H19N5O4S/c30-23-21(34-24-25-22(26-28(23)24)19-6-3-13-33-19)20(16-7-9-18(10-8-16)29(31)32)27-12-11-15-4-1-2-5-17(15)14-27/h1-10,13,20,30H,11-12,14H2/t20-/m1/s1. The van der Waals surface area contributed by atoms with E-state index in [1.807, 2.05) is 12.1 Å². The molecule has 3 aromatic heterocycles. The average Bonchev–Trinajstić information content (AvgIpc) is 3.59. The van der Waals surface area contributed by atoms with Crippen LogP contribution in [0, 0.1) is 10.1 Å². The maximum absolute atomic E-state index is 11.2. The van der Waals surface area contributed by atoms with Crippen molar-refractivity contribution in [2.75, 3.05) is 6.54 Å². The lowest BCUT2D eigenvalue weighted by atomic mass is 9.95. The van der Waals surface area contributed by atoms with Crippen LogP contribution >= 0.6 is 11.3 Å². The van der Waals surface area contributed by atoms with Crippen LogP contribution in [0.3, 0.4) is 0 Å². The summed E-state index contributed by atoms with van der Waals surface area (Å²) in [6.07, 6.45) is 2.43. The first-order valence-electron chi connectivity index (χ1n) is 10.8. The van der Waals surface area contributed by atoms with Crippen LogP contribution in [-0.4, -0.2) is 36.1 Å². The van der Waals surface area contributed by atoms with E-state index < -0.39 is 4.92 Å². The Kier molecular flexibility index (Phi) is 4.89. The molecule has 0 aliphatic carbocycles. The molecular formula is C24H19N5O4S. The summed E-state index contributed by atoms with van der Waals surface area (Å²) >= 11 is 1.35. The van der Waals surface area contributed by atoms with Gasteiger partial charge in [0.15, 0.2) is 5.76 Å². The first kappa shape index (κ1) is 20.6. The number of aromatic hydroxyl groups is 1. The van der Waals surface area contributed by atoms with Crippen molar-refractivity contribution in [3.8, 4) is 17.5 Å². The quantitative estimate of drug-likeness (QED) is 0.288. The van der Waals surface area contributed by atoms with Crippen LogP contribution < -0.4 is 0 Å². The minimum atomic E-state index is -0.410. The van der Waals surface area contributed by atoms with Crippen molar-refractivity contribution in [3.63, 3.8) is 0 Å². The number of furan rings is 1. The third-order valence-corrected chi connectivity index (χ3v) is 7.21. The first-order chi connectivity index (χ1) is 16.6. The zero-order chi connectivity index (χ0) is 23.2. The molecular weight excluding hydrogens is 454 g/mol. The lowest BCUT2D eigenvalue weighted by Crippen LogP contribution is -2.34. The van der Waals surface area contributed by atoms with Crippen LogP contribution in [0.25, 0.3) is 16.5 Å². The van der Waals surface area contributed by atoms with Gasteiger partial charge < -0.3 is 9.52 Å². The summed E-state index contributed by atoms with van der Waals surface area (Å²) in [6.45, 7) is 1.48. The van der Waals surface area contributed by atoms with Crippen molar-refractivity contribution >= 4 is 22.0 Å². The fourth-order valence-electron chi connectivity index (χ4n) is 4.48. The highest BCUT2D eigenvalue weighted by atomic mass is 32.1. The third-order valence-electron chi connectivity index (χ3n) is 6.13. The van der Waals surface area contributed by atoms with Crippen molar-refractivity contribution in [2.24, 2.45) is 0 Å². The molecule has 1 aliphatic rings. The number of non-ortho nitro benzene ring substituents is 1. The number of nitrogens with zero attached hydrogens (tertiary/aromatic N) is 5. The Morgan fingerprint density at radius 2 is 1.88 bits per heavy atom. The van der Waals surface area contributed by atoms with Crippen LogP contribution in [0.1, 0.15) is 27.6 Å². The molecule has 170 valence electrons. The number of fused-ring (bicyclic) bond motifs is 2. The highest BCUT2D eigenvalue weighted by Gasteiger charge is 2.32. The molecule has 1 atom stereocenters. The number of hydrogen-bond acceptors (Lipinski definition) is 8. The van der Waals surface area contributed by atoms with Crippen LogP contribution in [0.2, 0.25) is 0 Å². The lowest BCUT2D eigenvalue weighted by molar-refractivity contribution is -0.384. The van der Waals surface area contributed by atoms with Gasteiger partial charge in [-0.15, -0.1) is 5.10 Å². The fraction of sp³-hybridized carbons (Fsp3) is 0.167. The second kappa shape index (κ2) is 8.08. The van der Waals surface area contributed by atoms with Gasteiger partial charge in [0.05, 0.1) is 22.1 Å². The predicted octanol–water partition coefficient (Wildman–Crippen LogP) is 4.81. The van der Waals surface area contributed by atoms with Crippen molar-refractivity contribution in [1.29, 1.82) is 0 Å². The van der Waals surface area contributed by atoms with Crippen molar-refractivity contribution in [1.82, 2.24) is 19.5 Å². The van der Waals surface area contributed by atoms with Gasteiger partial charge in [-0.05, 0) is 35.2 Å². The maximum atomic E-state index is 11.2. The Labute approximate surface area is 197 Å². The maximum Gasteiger partial charge on any atom is 0.269 e. The van der Waals surface area contributed by atoms with E-state index in [2.05, 4.69) is 27.1 Å². The molecule has 0 saturated heterocycles. The van der Waals surface area contributed by atoms with Gasteiger partial charge in [-0.2, -0.15) is 9.50 Å². The van der Waals surface area contributed by atoms with E-state index in [-0.39, 0.29) is 17.6 Å². The molecule has 0 bridgehead atoms. The summed E-state index contributed by atoms with van der Waals surface area (Å²) in [5.74, 6) is 0.931. The molecule has 10 heteroatoms. The second-order valence-electron chi connectivity index (χ2n) is 8.14. The molecule has 1 aliphatic heterocycles. The number of aromatic nitrogens is 3. The molecule has 0 amide bonds. The van der Waals surface area contributed by atoms with E-state index in [1.165, 1.54) is 39.1 Å². The zero-order valence-corrected chi connectivity index (χ0v) is 18.7. The predicted molar refractivity (Wildman–Crippen MR) is 126 cm³/mol. The molecule has 0 unspecified atom stereocenters. The molecule has 6 rings (SSSR count). The first-order valence-corrected chi connectivity index (χ1v) is 11.6. The summed E-state index contributed by atoms with van der Waals surface area (Å²) < 4.78 is 6.81. The van der Waals surface area contributed by atoms with E-state index in [0.717, 1.165) is 18.5 Å². The van der Waals surface area contributed by atoms with Crippen LogP contribution in [-0.2, 0) is 13.0 Å². The van der Waals surface area contributed by atoms with Gasteiger partial charge in [0.25, 0.3) is 5.69 Å². The minimum Gasteiger partial charge on any atom is -0.492 e. The molecule has 9 nitrogen and oxygen atoms in total. The van der Waals surface area contributed by atoms with Crippen LogP contribution in [0.4, 0.5) is 5.69 Å². The summed E-state index contributed by atoms with van der Waals surface area (Å²) in [5.41, 5.74) is 3.44. The van der Waals surface area contributed by atoms with Gasteiger partial charge in [-0.25, -0.2) is 0 Å². The van der Waals surface area contributed by atoms with Gasteiger partial charge in [-0.1, -0.05) is 47.7 Å². The van der Waals surface area contributed by atoms with Gasteiger partial charge in [-0.3, -0.25) is 15.0 Å². The number of benzene rings is 2. The number of nitro groups is 1. The normalized spacial score (nSPS) is 14.8. The molecule has 4 heterocycles. The highest BCUT2D eigenvalue weighted by molar-refractivity contribution is 7.17. The SMILES string of the molecule is O=[N+]([O-])c1ccc([C@H](c2sc3nc(-c4ccco4)nn3c2O)N2CCc3ccccc3C2)cc1. The monoisotopic (exact) mass is 473 g/mol. The van der Waals surface area contributed by atoms with Gasteiger partial charge in [0.2, 0.25) is 16.7 Å². The van der Waals surface area contributed by atoms with Gasteiger partial charge in [0, 0.05) is 25.2 Å². The fourth-order valence-corrected chi connectivity index (χ4v) is 5.60. The molecule has 1 N–H and O–H groups in total. The average molecular weight is 474 g/mol. The Morgan fingerprint density at radius 1 is 1.09 bits per heavy atom. The van der Waals surface area contributed by atoms with Crippen molar-refractivity contribution < 1.29 is 14.4 Å². The Morgan fingerprint density at radius 3 is 2.59 bits per heavy atom. The smallest absolute Gasteiger partial charge is 0.269 e. The summed E-state index contributed by atoms with van der Waals surface area (Å²) in [4.78, 5) is 18.8. The van der Waals surface area contributed by atoms with E-state index in [0.29, 0.717) is 28.0 Å². The Bertz CT molecular complexity index is 1490. The topological polar surface area (TPSA) is 110 Å². The largest absolute Gasteiger partial charge is 0.492 e. The van der Waals surface area contributed by atoms with Gasteiger partial charge in [0.1, 0.15) is 0 Å². The number of thiazole rings is 1. The highest BCUT2D eigenvalue weighted by Crippen LogP contribution is 2.42. The van der Waals surface area contributed by atoms with E-state index in [9.17, 15) is 15.2 Å². The molecule has 2 aromatic carbocycles. The van der Waals surface area contributed by atoms with E-state index >= 15 is 0 Å². The van der Waals surface area contributed by atoms with Crippen molar-refractivity contribution in [3.05, 3.63) is 98.6 Å². The molecule has 5 aromatic rings. The number of hydrogen-bond donors (Lipinski definition) is 1. The van der Waals surface area contributed by atoms with Crippen LogP contribution in [0.5, 0.6) is 5.88 Å². The summed E-state index contributed by atoms with van der Waals surface area (Å²) in [6, 6.07) is 18.1. The summed E-state index contributed by atoms with van der Waals surface area (Å²) in [7, 11) is 0. The minimum absolute atomic E-state index is 0.00696. The van der Waals surface area contributed by atoms with Crippen molar-refractivity contribution in [2.45, 2.75) is 19.0 Å². The lowest BCUT2D eigenvalue weighted by Gasteiger charge is -2.35. The Hall–Kier alpha value is -4.02. The number of rotatable bonds is 5. The molecule has 0 fully saturated rings. The Balaban J connectivity index is 1.44. The number of nitro benzene ring substituents is 1. The van der Waals surface area contributed by atoms with Gasteiger partial charge >= 0.3 is 0 Å². The molecule has 34 heavy (non-hydrogen) atoms. The second-order valence-corrected chi connectivity index (χ2v) is 9.15. The third kappa shape index (κ3) is 3.44. The molecule has 0 saturated carbocycles. The van der Waals surface area contributed by atoms with E-state index in [4.69, 9.17) is 4.42 Å². The molecule has 0 spiro atoms. The zero-order valence-electron chi connectivity index (χ0n) is 17.9.